The highest BCUT2D eigenvalue weighted by Gasteiger charge is 2.10. The lowest BCUT2D eigenvalue weighted by atomic mass is 10.1. The zero-order valence-corrected chi connectivity index (χ0v) is 17.6. The monoisotopic (exact) mass is 454 g/mol. The van der Waals surface area contributed by atoms with Gasteiger partial charge in [-0.2, -0.15) is 10.2 Å². The van der Waals surface area contributed by atoms with Crippen LogP contribution in [0.25, 0.3) is 10.8 Å². The quantitative estimate of drug-likeness (QED) is 0.231. The molecule has 0 atom stereocenters. The number of nitrogens with zero attached hydrogens (tertiary/aromatic N) is 4. The summed E-state index contributed by atoms with van der Waals surface area (Å²) in [5.41, 5.74) is 6.74. The van der Waals surface area contributed by atoms with E-state index >= 15 is 0 Å². The zero-order chi connectivity index (χ0) is 23.9. The van der Waals surface area contributed by atoms with E-state index in [-0.39, 0.29) is 11.1 Å². The first-order valence-corrected chi connectivity index (χ1v) is 10.0. The van der Waals surface area contributed by atoms with Crippen LogP contribution in [0.2, 0.25) is 0 Å². The van der Waals surface area contributed by atoms with E-state index in [1.165, 1.54) is 24.6 Å². The first kappa shape index (κ1) is 22.1. The molecule has 4 aromatic rings. The number of carboxylic acid groups (broad SMARTS) is 2. The molecule has 0 radical (unpaired) electrons. The fourth-order valence-electron chi connectivity index (χ4n) is 3.20. The first-order chi connectivity index (χ1) is 16.5. The molecule has 34 heavy (non-hydrogen) atoms. The van der Waals surface area contributed by atoms with E-state index < -0.39 is 11.9 Å². The number of aromatic carboxylic acids is 2. The van der Waals surface area contributed by atoms with Gasteiger partial charge in [0.15, 0.2) is 11.6 Å². The Morgan fingerprint density at radius 2 is 1.03 bits per heavy atom. The average molecular weight is 454 g/mol. The Hall–Kier alpha value is -5.12. The molecule has 0 saturated heterocycles. The van der Waals surface area contributed by atoms with Gasteiger partial charge in [-0.3, -0.25) is 10.9 Å². The van der Waals surface area contributed by atoms with Crippen LogP contribution < -0.4 is 10.9 Å². The minimum absolute atomic E-state index is 0.130. The molecule has 0 bridgehead atoms. The van der Waals surface area contributed by atoms with Crippen molar-refractivity contribution in [1.29, 1.82) is 0 Å². The van der Waals surface area contributed by atoms with Gasteiger partial charge in [0.1, 0.15) is 0 Å². The second kappa shape index (κ2) is 10.0. The van der Waals surface area contributed by atoms with Crippen LogP contribution in [0, 0.1) is 0 Å². The number of anilines is 2. The van der Waals surface area contributed by atoms with E-state index in [1.54, 1.807) is 36.4 Å². The smallest absolute Gasteiger partial charge is 0.336 e. The van der Waals surface area contributed by atoms with Crippen LogP contribution in [-0.4, -0.2) is 44.8 Å². The van der Waals surface area contributed by atoms with Gasteiger partial charge in [-0.15, -0.1) is 10.2 Å². The summed E-state index contributed by atoms with van der Waals surface area (Å²) in [6, 6.07) is 20.3. The lowest BCUT2D eigenvalue weighted by molar-refractivity contribution is 0.0686. The SMILES string of the molecule is O=C(O)c1ccccc1C=NNc1nnc(NN=Cc2ccccc2C(=O)O)c2ccccc12. The van der Waals surface area contributed by atoms with Gasteiger partial charge < -0.3 is 10.2 Å². The molecule has 0 spiro atoms. The van der Waals surface area contributed by atoms with Crippen LogP contribution in [0.1, 0.15) is 31.8 Å². The van der Waals surface area contributed by atoms with Crippen molar-refractivity contribution in [2.24, 2.45) is 10.2 Å². The molecule has 10 nitrogen and oxygen atoms in total. The topological polar surface area (TPSA) is 149 Å². The molecule has 3 aromatic carbocycles. The fraction of sp³-hybridized carbons (Fsp3) is 0. The highest BCUT2D eigenvalue weighted by molar-refractivity contribution is 6.01. The molecule has 1 aromatic heterocycles. The maximum atomic E-state index is 11.3. The number of carboxylic acids is 2. The van der Waals surface area contributed by atoms with E-state index in [2.05, 4.69) is 31.3 Å². The molecule has 10 heteroatoms. The Labute approximate surface area is 193 Å². The number of nitrogens with one attached hydrogen (secondary N) is 2. The lowest BCUT2D eigenvalue weighted by Gasteiger charge is -2.08. The van der Waals surface area contributed by atoms with Gasteiger partial charge in [0.2, 0.25) is 0 Å². The summed E-state index contributed by atoms with van der Waals surface area (Å²) < 4.78 is 0. The molecule has 0 fully saturated rings. The Morgan fingerprint density at radius 1 is 0.647 bits per heavy atom. The normalized spacial score (nSPS) is 11.2. The molecular formula is C24H18N6O4. The number of aromatic nitrogens is 2. The second-order valence-electron chi connectivity index (χ2n) is 6.97. The van der Waals surface area contributed by atoms with Crippen molar-refractivity contribution in [3.8, 4) is 0 Å². The van der Waals surface area contributed by atoms with Crippen molar-refractivity contribution in [3.63, 3.8) is 0 Å². The number of rotatable bonds is 8. The van der Waals surface area contributed by atoms with Gasteiger partial charge in [0, 0.05) is 21.9 Å². The van der Waals surface area contributed by atoms with E-state index in [9.17, 15) is 19.8 Å². The Balaban J connectivity index is 1.56. The van der Waals surface area contributed by atoms with Gasteiger partial charge in [0.05, 0.1) is 23.6 Å². The van der Waals surface area contributed by atoms with Crippen molar-refractivity contribution in [1.82, 2.24) is 10.2 Å². The summed E-state index contributed by atoms with van der Waals surface area (Å²) in [6.45, 7) is 0. The van der Waals surface area contributed by atoms with Gasteiger partial charge in [-0.05, 0) is 12.1 Å². The molecule has 0 aliphatic rings. The van der Waals surface area contributed by atoms with Gasteiger partial charge in [0.25, 0.3) is 0 Å². The highest BCUT2D eigenvalue weighted by atomic mass is 16.4. The molecule has 0 saturated carbocycles. The van der Waals surface area contributed by atoms with Crippen molar-refractivity contribution < 1.29 is 19.8 Å². The number of carbonyl (C=O) groups is 2. The van der Waals surface area contributed by atoms with Crippen molar-refractivity contribution >= 4 is 46.8 Å². The van der Waals surface area contributed by atoms with Crippen LogP contribution >= 0.6 is 0 Å². The predicted octanol–water partition coefficient (Wildman–Crippen LogP) is 3.92. The third-order valence-electron chi connectivity index (χ3n) is 4.82. The number of fused-ring (bicyclic) bond motifs is 1. The minimum Gasteiger partial charge on any atom is -0.478 e. The van der Waals surface area contributed by atoms with Gasteiger partial charge in [-0.25, -0.2) is 9.59 Å². The van der Waals surface area contributed by atoms with Gasteiger partial charge in [-0.1, -0.05) is 60.7 Å². The number of hydrogen-bond acceptors (Lipinski definition) is 8. The van der Waals surface area contributed by atoms with Crippen molar-refractivity contribution in [2.45, 2.75) is 0 Å². The maximum absolute atomic E-state index is 11.3. The van der Waals surface area contributed by atoms with E-state index in [1.807, 2.05) is 24.3 Å². The van der Waals surface area contributed by atoms with Crippen LogP contribution in [0.5, 0.6) is 0 Å². The summed E-state index contributed by atoms with van der Waals surface area (Å²) in [4.78, 5) is 22.7. The molecule has 4 rings (SSSR count). The number of hydrazone groups is 2. The van der Waals surface area contributed by atoms with Crippen LogP contribution in [0.15, 0.2) is 83.0 Å². The van der Waals surface area contributed by atoms with Gasteiger partial charge >= 0.3 is 11.9 Å². The maximum Gasteiger partial charge on any atom is 0.336 e. The first-order valence-electron chi connectivity index (χ1n) is 10.0. The molecule has 4 N–H and O–H groups in total. The standard InChI is InChI=1S/C24H18N6O4/c31-23(32)17-9-3-1-7-15(17)13-25-27-21-19-11-5-6-12-20(19)22(30-29-21)28-26-14-16-8-2-4-10-18(16)24(33)34/h1-14H,(H,27,29)(H,28,30)(H,31,32)(H,33,34). The zero-order valence-electron chi connectivity index (χ0n) is 17.6. The third kappa shape index (κ3) is 4.86. The van der Waals surface area contributed by atoms with E-state index in [0.29, 0.717) is 33.5 Å². The number of benzene rings is 3. The second-order valence-corrected chi connectivity index (χ2v) is 6.97. The summed E-state index contributed by atoms with van der Waals surface area (Å²) in [5, 5.41) is 36.5. The largest absolute Gasteiger partial charge is 0.478 e. The third-order valence-corrected chi connectivity index (χ3v) is 4.82. The van der Waals surface area contributed by atoms with E-state index in [4.69, 9.17) is 0 Å². The molecule has 1 heterocycles. The predicted molar refractivity (Wildman–Crippen MR) is 129 cm³/mol. The van der Waals surface area contributed by atoms with Crippen LogP contribution in [-0.2, 0) is 0 Å². The average Bonchev–Trinajstić information content (AvgIpc) is 2.85. The number of hydrogen-bond donors (Lipinski definition) is 4. The molecule has 0 aliphatic heterocycles. The molecular weight excluding hydrogens is 436 g/mol. The van der Waals surface area contributed by atoms with Crippen LogP contribution in [0.3, 0.4) is 0 Å². The molecule has 168 valence electrons. The lowest BCUT2D eigenvalue weighted by Crippen LogP contribution is -2.04. The fourth-order valence-corrected chi connectivity index (χ4v) is 3.20. The van der Waals surface area contributed by atoms with Crippen molar-refractivity contribution in [3.05, 3.63) is 95.1 Å². The Bertz CT molecular complexity index is 1330. The summed E-state index contributed by atoms with van der Waals surface area (Å²) in [7, 11) is 0. The van der Waals surface area contributed by atoms with Crippen LogP contribution in [0.4, 0.5) is 11.6 Å². The summed E-state index contributed by atoms with van der Waals surface area (Å²) in [5.74, 6) is -1.36. The summed E-state index contributed by atoms with van der Waals surface area (Å²) in [6.07, 6.45) is 2.80. The molecule has 0 unspecified atom stereocenters. The van der Waals surface area contributed by atoms with Crippen molar-refractivity contribution in [2.75, 3.05) is 10.9 Å². The molecule has 0 aliphatic carbocycles. The molecule has 0 amide bonds. The minimum atomic E-state index is -1.05. The Kier molecular flexibility index (Phi) is 6.50. The highest BCUT2D eigenvalue weighted by Crippen LogP contribution is 2.26. The Morgan fingerprint density at radius 3 is 1.44 bits per heavy atom. The van der Waals surface area contributed by atoms with E-state index in [0.717, 1.165) is 0 Å². The summed E-state index contributed by atoms with van der Waals surface area (Å²) >= 11 is 0.